The zero-order valence-corrected chi connectivity index (χ0v) is 16.5. The lowest BCUT2D eigenvalue weighted by molar-refractivity contribution is -0.118. The number of para-hydroxylation sites is 1. The summed E-state index contributed by atoms with van der Waals surface area (Å²) in [6.45, 7) is 6.28. The monoisotopic (exact) mass is 381 g/mol. The Morgan fingerprint density at radius 1 is 0.893 bits per heavy atom. The summed E-state index contributed by atoms with van der Waals surface area (Å²) in [5.74, 6) is -0.741. The van der Waals surface area contributed by atoms with Gasteiger partial charge in [0.2, 0.25) is 5.91 Å². The number of amides is 3. The lowest BCUT2D eigenvalue weighted by Gasteiger charge is -2.12. The Bertz CT molecular complexity index is 829. The van der Waals surface area contributed by atoms with E-state index in [1.165, 1.54) is 0 Å². The Labute approximate surface area is 165 Å². The van der Waals surface area contributed by atoms with Gasteiger partial charge in [-0.25, -0.2) is 0 Å². The Kier molecular flexibility index (Phi) is 7.75. The van der Waals surface area contributed by atoms with Crippen molar-refractivity contribution in [3.05, 3.63) is 59.7 Å². The number of carbonyl (C=O) groups excluding carboxylic acids is 3. The van der Waals surface area contributed by atoms with E-state index in [-0.39, 0.29) is 23.6 Å². The number of rotatable bonds is 8. The third kappa shape index (κ3) is 5.94. The molecule has 2 rings (SSSR count). The van der Waals surface area contributed by atoms with Gasteiger partial charge in [0, 0.05) is 23.7 Å². The van der Waals surface area contributed by atoms with Crippen molar-refractivity contribution in [3.8, 4) is 0 Å². The molecule has 6 nitrogen and oxygen atoms in total. The standard InChI is InChI=1S/C22H27N3O3/c1-4-5-14-23-22(28)18-8-6-7-9-19(18)25-21(27)16-10-12-17(13-11-16)24-20(26)15(2)3/h6-13,15H,4-5,14H2,1-3H3,(H,23,28)(H,24,26)(H,25,27). The molecule has 0 aliphatic heterocycles. The average Bonchev–Trinajstić information content (AvgIpc) is 2.69. The van der Waals surface area contributed by atoms with E-state index < -0.39 is 0 Å². The highest BCUT2D eigenvalue weighted by molar-refractivity contribution is 6.09. The van der Waals surface area contributed by atoms with Crippen LogP contribution in [0, 0.1) is 5.92 Å². The summed E-state index contributed by atoms with van der Waals surface area (Å²) in [5, 5.41) is 8.43. The molecule has 2 aromatic rings. The van der Waals surface area contributed by atoms with Crippen LogP contribution in [0.5, 0.6) is 0 Å². The molecule has 0 saturated carbocycles. The number of nitrogens with one attached hydrogen (secondary N) is 3. The summed E-state index contributed by atoms with van der Waals surface area (Å²) in [6.07, 6.45) is 1.90. The lowest BCUT2D eigenvalue weighted by Crippen LogP contribution is -2.26. The summed E-state index contributed by atoms with van der Waals surface area (Å²) in [7, 11) is 0. The van der Waals surface area contributed by atoms with Crippen molar-refractivity contribution in [2.45, 2.75) is 33.6 Å². The summed E-state index contributed by atoms with van der Waals surface area (Å²) in [4.78, 5) is 36.7. The molecule has 0 aliphatic carbocycles. The first-order chi connectivity index (χ1) is 13.4. The normalized spacial score (nSPS) is 10.4. The predicted molar refractivity (Wildman–Crippen MR) is 112 cm³/mol. The van der Waals surface area contributed by atoms with E-state index in [0.29, 0.717) is 29.0 Å². The summed E-state index contributed by atoms with van der Waals surface area (Å²) >= 11 is 0. The van der Waals surface area contributed by atoms with Crippen molar-refractivity contribution in [2.24, 2.45) is 5.92 Å². The highest BCUT2D eigenvalue weighted by Crippen LogP contribution is 2.17. The van der Waals surface area contributed by atoms with Crippen LogP contribution in [0.2, 0.25) is 0 Å². The van der Waals surface area contributed by atoms with Crippen molar-refractivity contribution in [2.75, 3.05) is 17.2 Å². The molecule has 0 radical (unpaired) electrons. The Hall–Kier alpha value is -3.15. The fourth-order valence-electron chi connectivity index (χ4n) is 2.45. The van der Waals surface area contributed by atoms with Crippen molar-refractivity contribution in [1.82, 2.24) is 5.32 Å². The fourth-order valence-corrected chi connectivity index (χ4v) is 2.45. The largest absolute Gasteiger partial charge is 0.352 e. The predicted octanol–water partition coefficient (Wildman–Crippen LogP) is 4.06. The van der Waals surface area contributed by atoms with E-state index in [4.69, 9.17) is 0 Å². The van der Waals surface area contributed by atoms with Crippen molar-refractivity contribution < 1.29 is 14.4 Å². The molecule has 6 heteroatoms. The maximum Gasteiger partial charge on any atom is 0.255 e. The summed E-state index contributed by atoms with van der Waals surface area (Å²) < 4.78 is 0. The molecule has 3 amide bonds. The average molecular weight is 381 g/mol. The molecule has 3 N–H and O–H groups in total. The molecule has 0 fully saturated rings. The van der Waals surface area contributed by atoms with Gasteiger partial charge in [-0.05, 0) is 42.8 Å². The highest BCUT2D eigenvalue weighted by Gasteiger charge is 2.14. The third-order valence-corrected chi connectivity index (χ3v) is 4.17. The van der Waals surface area contributed by atoms with Crippen molar-refractivity contribution in [1.29, 1.82) is 0 Å². The van der Waals surface area contributed by atoms with Crippen LogP contribution in [0.15, 0.2) is 48.5 Å². The SMILES string of the molecule is CCCCNC(=O)c1ccccc1NC(=O)c1ccc(NC(=O)C(C)C)cc1. The van der Waals surface area contributed by atoms with Gasteiger partial charge in [-0.2, -0.15) is 0 Å². The minimum atomic E-state index is -0.324. The molecule has 28 heavy (non-hydrogen) atoms. The van der Waals surface area contributed by atoms with Gasteiger partial charge in [0.1, 0.15) is 0 Å². The zero-order chi connectivity index (χ0) is 20.5. The minimum absolute atomic E-state index is 0.0831. The molecule has 148 valence electrons. The van der Waals surface area contributed by atoms with Gasteiger partial charge in [0.15, 0.2) is 0 Å². The van der Waals surface area contributed by atoms with Gasteiger partial charge in [-0.3, -0.25) is 14.4 Å². The number of carbonyl (C=O) groups is 3. The molecule has 0 saturated heterocycles. The molecular weight excluding hydrogens is 354 g/mol. The summed E-state index contributed by atoms with van der Waals surface area (Å²) in [6, 6.07) is 13.5. The third-order valence-electron chi connectivity index (χ3n) is 4.17. The van der Waals surface area contributed by atoms with E-state index in [0.717, 1.165) is 12.8 Å². The van der Waals surface area contributed by atoms with E-state index in [1.807, 2.05) is 13.8 Å². The van der Waals surface area contributed by atoms with E-state index in [1.54, 1.807) is 48.5 Å². The Balaban J connectivity index is 2.06. The number of anilines is 2. The van der Waals surface area contributed by atoms with Crippen LogP contribution in [-0.4, -0.2) is 24.3 Å². The first-order valence-electron chi connectivity index (χ1n) is 9.52. The maximum atomic E-state index is 12.6. The molecule has 0 heterocycles. The molecule has 0 atom stereocenters. The second-order valence-corrected chi connectivity index (χ2v) is 6.83. The van der Waals surface area contributed by atoms with Crippen LogP contribution in [0.4, 0.5) is 11.4 Å². The molecule has 2 aromatic carbocycles. The van der Waals surface area contributed by atoms with E-state index in [2.05, 4.69) is 22.9 Å². The van der Waals surface area contributed by atoms with Gasteiger partial charge >= 0.3 is 0 Å². The molecule has 0 unspecified atom stereocenters. The highest BCUT2D eigenvalue weighted by atomic mass is 16.2. The quantitative estimate of drug-likeness (QED) is 0.603. The first-order valence-corrected chi connectivity index (χ1v) is 9.52. The smallest absolute Gasteiger partial charge is 0.255 e. The molecule has 0 aliphatic rings. The number of unbranched alkanes of at least 4 members (excludes halogenated alkanes) is 1. The first kappa shape index (κ1) is 21.2. The molecule has 0 spiro atoms. The second-order valence-electron chi connectivity index (χ2n) is 6.83. The molecule has 0 aromatic heterocycles. The van der Waals surface area contributed by atoms with Gasteiger partial charge in [0.05, 0.1) is 11.3 Å². The number of hydrogen-bond donors (Lipinski definition) is 3. The van der Waals surface area contributed by atoms with Crippen LogP contribution < -0.4 is 16.0 Å². The van der Waals surface area contributed by atoms with Gasteiger partial charge in [-0.15, -0.1) is 0 Å². The zero-order valence-electron chi connectivity index (χ0n) is 16.5. The van der Waals surface area contributed by atoms with Crippen molar-refractivity contribution >= 4 is 29.1 Å². The van der Waals surface area contributed by atoms with Crippen LogP contribution in [0.1, 0.15) is 54.3 Å². The fraction of sp³-hybridized carbons (Fsp3) is 0.318. The van der Waals surface area contributed by atoms with Crippen LogP contribution >= 0.6 is 0 Å². The van der Waals surface area contributed by atoms with Crippen LogP contribution in [0.3, 0.4) is 0 Å². The van der Waals surface area contributed by atoms with Gasteiger partial charge in [-0.1, -0.05) is 39.3 Å². The molecular formula is C22H27N3O3. The topological polar surface area (TPSA) is 87.3 Å². The van der Waals surface area contributed by atoms with Crippen molar-refractivity contribution in [3.63, 3.8) is 0 Å². The second kappa shape index (κ2) is 10.3. The molecule has 0 bridgehead atoms. The Morgan fingerprint density at radius 3 is 2.21 bits per heavy atom. The summed E-state index contributed by atoms with van der Waals surface area (Å²) in [5.41, 5.74) is 1.95. The Morgan fingerprint density at radius 2 is 1.57 bits per heavy atom. The van der Waals surface area contributed by atoms with Gasteiger partial charge < -0.3 is 16.0 Å². The maximum absolute atomic E-state index is 12.6. The number of benzene rings is 2. The van der Waals surface area contributed by atoms with E-state index >= 15 is 0 Å². The number of hydrogen-bond acceptors (Lipinski definition) is 3. The van der Waals surface area contributed by atoms with Crippen LogP contribution in [0.25, 0.3) is 0 Å². The van der Waals surface area contributed by atoms with Crippen LogP contribution in [-0.2, 0) is 4.79 Å². The van der Waals surface area contributed by atoms with E-state index in [9.17, 15) is 14.4 Å². The minimum Gasteiger partial charge on any atom is -0.352 e. The van der Waals surface area contributed by atoms with Gasteiger partial charge in [0.25, 0.3) is 11.8 Å². The lowest BCUT2D eigenvalue weighted by atomic mass is 10.1.